The maximum absolute atomic E-state index is 2.57. The van der Waals surface area contributed by atoms with Gasteiger partial charge in [-0.3, -0.25) is 0 Å². The maximum Gasteiger partial charge on any atom is -0.0283 e. The summed E-state index contributed by atoms with van der Waals surface area (Å²) >= 11 is 0. The SMILES string of the molecule is C1=C2CCC3=CCC(CC3)CCC(C1)CC2. The van der Waals surface area contributed by atoms with Gasteiger partial charge in [-0.1, -0.05) is 23.3 Å². The normalized spacial score (nSPS) is 35.0. The van der Waals surface area contributed by atoms with Crippen LogP contribution < -0.4 is 0 Å². The average Bonchev–Trinajstić information content (AvgIpc) is 2.33. The maximum atomic E-state index is 2.57. The van der Waals surface area contributed by atoms with Crippen LogP contribution in [0, 0.1) is 11.8 Å². The van der Waals surface area contributed by atoms with Crippen LogP contribution in [0.4, 0.5) is 0 Å². The van der Waals surface area contributed by atoms with Gasteiger partial charge in [0.1, 0.15) is 0 Å². The summed E-state index contributed by atoms with van der Waals surface area (Å²) in [4.78, 5) is 0. The monoisotopic (exact) mass is 216 g/mol. The van der Waals surface area contributed by atoms with Crippen LogP contribution in [0.15, 0.2) is 23.3 Å². The van der Waals surface area contributed by atoms with Crippen molar-refractivity contribution in [1.29, 1.82) is 0 Å². The van der Waals surface area contributed by atoms with E-state index in [2.05, 4.69) is 12.2 Å². The Balaban J connectivity index is 1.74. The van der Waals surface area contributed by atoms with E-state index in [1.165, 1.54) is 64.2 Å². The highest BCUT2D eigenvalue weighted by Gasteiger charge is 2.20. The van der Waals surface area contributed by atoms with Gasteiger partial charge in [-0.15, -0.1) is 0 Å². The van der Waals surface area contributed by atoms with Gasteiger partial charge in [0.2, 0.25) is 0 Å². The van der Waals surface area contributed by atoms with Gasteiger partial charge in [-0.05, 0) is 76.0 Å². The van der Waals surface area contributed by atoms with Crippen LogP contribution in [-0.4, -0.2) is 0 Å². The van der Waals surface area contributed by atoms with Crippen molar-refractivity contribution in [2.45, 2.75) is 64.2 Å². The molecule has 88 valence electrons. The Morgan fingerprint density at radius 3 is 1.50 bits per heavy atom. The van der Waals surface area contributed by atoms with Gasteiger partial charge in [-0.2, -0.15) is 0 Å². The fourth-order valence-electron chi connectivity index (χ4n) is 3.66. The summed E-state index contributed by atoms with van der Waals surface area (Å²) in [7, 11) is 0. The number of allylic oxidation sites excluding steroid dienone is 4. The first-order chi connectivity index (χ1) is 7.90. The van der Waals surface area contributed by atoms with Crippen molar-refractivity contribution < 1.29 is 0 Å². The number of hydrogen-bond donors (Lipinski definition) is 0. The van der Waals surface area contributed by atoms with Gasteiger partial charge in [0.05, 0.1) is 0 Å². The summed E-state index contributed by atoms with van der Waals surface area (Å²) < 4.78 is 0. The molecular weight excluding hydrogens is 192 g/mol. The molecule has 0 nitrogen and oxygen atoms in total. The highest BCUT2D eigenvalue weighted by Crippen LogP contribution is 2.36. The lowest BCUT2D eigenvalue weighted by Crippen LogP contribution is -2.13. The Kier molecular flexibility index (Phi) is 3.17. The van der Waals surface area contributed by atoms with Crippen molar-refractivity contribution in [3.05, 3.63) is 23.3 Å². The molecule has 0 aliphatic heterocycles. The molecule has 0 saturated heterocycles. The fourth-order valence-corrected chi connectivity index (χ4v) is 3.66. The van der Waals surface area contributed by atoms with Crippen LogP contribution in [0.2, 0.25) is 0 Å². The predicted octanol–water partition coefficient (Wildman–Crippen LogP) is 5.01. The third kappa shape index (κ3) is 2.42. The fraction of sp³-hybridized carbons (Fsp3) is 0.750. The summed E-state index contributed by atoms with van der Waals surface area (Å²) in [6.07, 6.45) is 19.4. The summed E-state index contributed by atoms with van der Waals surface area (Å²) in [6, 6.07) is 0. The Morgan fingerprint density at radius 2 is 1.12 bits per heavy atom. The molecule has 0 amide bonds. The second kappa shape index (κ2) is 4.77. The van der Waals surface area contributed by atoms with E-state index in [-0.39, 0.29) is 0 Å². The largest absolute Gasteiger partial charge is 0.0850 e. The van der Waals surface area contributed by atoms with Gasteiger partial charge in [0.15, 0.2) is 0 Å². The second-order valence-corrected chi connectivity index (χ2v) is 6.08. The minimum Gasteiger partial charge on any atom is -0.0850 e. The molecule has 0 radical (unpaired) electrons. The van der Waals surface area contributed by atoms with Gasteiger partial charge < -0.3 is 0 Å². The van der Waals surface area contributed by atoms with Gasteiger partial charge in [0.25, 0.3) is 0 Å². The van der Waals surface area contributed by atoms with Crippen molar-refractivity contribution >= 4 is 0 Å². The van der Waals surface area contributed by atoms with Gasteiger partial charge in [0, 0.05) is 0 Å². The first-order valence-corrected chi connectivity index (χ1v) is 7.26. The molecule has 1 saturated carbocycles. The molecule has 6 rings (SSSR count). The summed E-state index contributed by atoms with van der Waals surface area (Å²) in [5, 5.41) is 0. The third-order valence-corrected chi connectivity index (χ3v) is 4.98. The smallest absolute Gasteiger partial charge is 0.0283 e. The van der Waals surface area contributed by atoms with E-state index in [0.29, 0.717) is 0 Å². The molecule has 1 fully saturated rings. The Bertz CT molecular complexity index is 276. The summed E-state index contributed by atoms with van der Waals surface area (Å²) in [5.74, 6) is 2.04. The Labute approximate surface area is 99.8 Å². The van der Waals surface area contributed by atoms with E-state index in [4.69, 9.17) is 0 Å². The Morgan fingerprint density at radius 1 is 0.625 bits per heavy atom. The van der Waals surface area contributed by atoms with Crippen molar-refractivity contribution in [2.24, 2.45) is 11.8 Å². The quantitative estimate of drug-likeness (QED) is 0.499. The molecule has 0 aromatic heterocycles. The van der Waals surface area contributed by atoms with Crippen LogP contribution in [-0.2, 0) is 0 Å². The molecule has 0 aromatic rings. The molecule has 0 heteroatoms. The average molecular weight is 216 g/mol. The van der Waals surface area contributed by atoms with Crippen molar-refractivity contribution in [3.8, 4) is 0 Å². The molecule has 2 atom stereocenters. The van der Waals surface area contributed by atoms with Crippen LogP contribution in [0.25, 0.3) is 0 Å². The van der Waals surface area contributed by atoms with Crippen molar-refractivity contribution in [1.82, 2.24) is 0 Å². The predicted molar refractivity (Wildman–Crippen MR) is 69.3 cm³/mol. The molecule has 2 unspecified atom stereocenters. The van der Waals surface area contributed by atoms with Crippen molar-refractivity contribution in [3.63, 3.8) is 0 Å². The lowest BCUT2D eigenvalue weighted by molar-refractivity contribution is 0.343. The standard InChI is InChI=1S/C16H24/c1-2-14-4-3-13(1)9-10-15-5-7-16(8-6-15)12-11-14/h1,5,14,16H,2-4,6-12H2. The molecule has 0 aromatic carbocycles. The van der Waals surface area contributed by atoms with E-state index >= 15 is 0 Å². The third-order valence-electron chi connectivity index (χ3n) is 4.98. The topological polar surface area (TPSA) is 0 Å². The van der Waals surface area contributed by atoms with Crippen LogP contribution in [0.1, 0.15) is 64.2 Å². The number of rotatable bonds is 0. The minimum absolute atomic E-state index is 1.02. The van der Waals surface area contributed by atoms with E-state index in [0.717, 1.165) is 11.8 Å². The lowest BCUT2D eigenvalue weighted by atomic mass is 9.78. The molecule has 16 heavy (non-hydrogen) atoms. The highest BCUT2D eigenvalue weighted by molar-refractivity contribution is 5.13. The van der Waals surface area contributed by atoms with Gasteiger partial charge >= 0.3 is 0 Å². The molecule has 0 N–H and O–H groups in total. The zero-order valence-corrected chi connectivity index (χ0v) is 10.4. The minimum atomic E-state index is 1.02. The van der Waals surface area contributed by atoms with E-state index in [1.54, 1.807) is 11.1 Å². The van der Waals surface area contributed by atoms with E-state index in [9.17, 15) is 0 Å². The first kappa shape index (κ1) is 10.6. The molecule has 6 aliphatic rings. The zero-order chi connectivity index (χ0) is 10.8. The zero-order valence-electron chi connectivity index (χ0n) is 10.4. The first-order valence-electron chi connectivity index (χ1n) is 7.26. The second-order valence-electron chi connectivity index (χ2n) is 6.08. The molecule has 0 heterocycles. The number of hydrogen-bond acceptors (Lipinski definition) is 0. The molecular formula is C16H24. The molecule has 6 aliphatic carbocycles. The summed E-state index contributed by atoms with van der Waals surface area (Å²) in [5.41, 5.74) is 3.53. The summed E-state index contributed by atoms with van der Waals surface area (Å²) in [6.45, 7) is 0. The van der Waals surface area contributed by atoms with Crippen LogP contribution >= 0.6 is 0 Å². The lowest BCUT2D eigenvalue weighted by Gasteiger charge is -2.28. The van der Waals surface area contributed by atoms with Gasteiger partial charge in [-0.25, -0.2) is 0 Å². The van der Waals surface area contributed by atoms with E-state index < -0.39 is 0 Å². The highest BCUT2D eigenvalue weighted by atomic mass is 14.3. The van der Waals surface area contributed by atoms with Crippen LogP contribution in [0.5, 0.6) is 0 Å². The Hall–Kier alpha value is -0.520. The van der Waals surface area contributed by atoms with E-state index in [1.807, 2.05) is 0 Å². The molecule has 0 spiro atoms. The van der Waals surface area contributed by atoms with Crippen molar-refractivity contribution in [2.75, 3.05) is 0 Å². The van der Waals surface area contributed by atoms with Crippen LogP contribution in [0.3, 0.4) is 0 Å². The molecule has 4 bridgehead atoms.